The van der Waals surface area contributed by atoms with Gasteiger partial charge < -0.3 is 4.74 Å². The van der Waals surface area contributed by atoms with Gasteiger partial charge in [-0.25, -0.2) is 4.79 Å². The molecule has 0 amide bonds. The van der Waals surface area contributed by atoms with Crippen molar-refractivity contribution in [2.24, 2.45) is 0 Å². The number of thioether (sulfide) groups is 1. The molecule has 0 unspecified atom stereocenters. The van der Waals surface area contributed by atoms with Crippen LogP contribution in [0.2, 0.25) is 0 Å². The van der Waals surface area contributed by atoms with E-state index in [1.165, 1.54) is 7.11 Å². The Hall–Kier alpha value is -1.22. The van der Waals surface area contributed by atoms with E-state index in [9.17, 15) is 4.79 Å². The number of hydrogen-bond donors (Lipinski definition) is 0. The molecule has 1 rings (SSSR count). The largest absolute Gasteiger partial charge is 0.465 e. The zero-order valence-electron chi connectivity index (χ0n) is 8.03. The fourth-order valence-electron chi connectivity index (χ4n) is 1.02. The van der Waals surface area contributed by atoms with Crippen molar-refractivity contribution in [3.05, 3.63) is 42.5 Å². The minimum absolute atomic E-state index is 0.294. The Morgan fingerprint density at radius 2 is 2.29 bits per heavy atom. The van der Waals surface area contributed by atoms with Crippen molar-refractivity contribution < 1.29 is 9.53 Å². The molecular formula is C11H12O2S. The molecule has 0 saturated carbocycles. The summed E-state index contributed by atoms with van der Waals surface area (Å²) in [7, 11) is 1.39. The maximum atomic E-state index is 11.3. The van der Waals surface area contributed by atoms with Crippen molar-refractivity contribution in [2.75, 3.05) is 12.9 Å². The molecule has 0 spiro atoms. The Bertz CT molecular complexity index is 334. The number of carbonyl (C=O) groups excluding carboxylic acids is 1. The Balaban J connectivity index is 2.90. The summed E-state index contributed by atoms with van der Waals surface area (Å²) in [4.78, 5) is 12.3. The third-order valence-corrected chi connectivity index (χ3v) is 2.72. The van der Waals surface area contributed by atoms with Crippen molar-refractivity contribution in [2.45, 2.75) is 4.90 Å². The average Bonchev–Trinajstić information content (AvgIpc) is 2.25. The van der Waals surface area contributed by atoms with E-state index in [4.69, 9.17) is 0 Å². The normalized spacial score (nSPS) is 9.50. The summed E-state index contributed by atoms with van der Waals surface area (Å²) in [5.41, 5.74) is 0.613. The summed E-state index contributed by atoms with van der Waals surface area (Å²) in [5, 5.41) is 0. The fourth-order valence-corrected chi connectivity index (χ4v) is 1.80. The van der Waals surface area contributed by atoms with E-state index in [0.29, 0.717) is 5.56 Å². The highest BCUT2D eigenvalue weighted by atomic mass is 32.2. The van der Waals surface area contributed by atoms with Crippen molar-refractivity contribution in [3.8, 4) is 0 Å². The number of methoxy groups -OCH3 is 1. The number of rotatable bonds is 4. The molecule has 14 heavy (non-hydrogen) atoms. The van der Waals surface area contributed by atoms with Crippen LogP contribution >= 0.6 is 11.8 Å². The second-order valence-corrected chi connectivity index (χ2v) is 3.65. The lowest BCUT2D eigenvalue weighted by atomic mass is 10.2. The van der Waals surface area contributed by atoms with Crippen LogP contribution in [0.3, 0.4) is 0 Å². The average molecular weight is 208 g/mol. The van der Waals surface area contributed by atoms with Gasteiger partial charge in [0.05, 0.1) is 12.7 Å². The first-order valence-corrected chi connectivity index (χ1v) is 5.19. The summed E-state index contributed by atoms with van der Waals surface area (Å²) < 4.78 is 4.68. The number of hydrogen-bond acceptors (Lipinski definition) is 3. The molecule has 0 bridgehead atoms. The minimum atomic E-state index is -0.294. The van der Waals surface area contributed by atoms with Crippen LogP contribution in [0.15, 0.2) is 41.8 Å². The van der Waals surface area contributed by atoms with Gasteiger partial charge in [-0.1, -0.05) is 18.2 Å². The highest BCUT2D eigenvalue weighted by molar-refractivity contribution is 7.99. The second-order valence-electron chi connectivity index (χ2n) is 2.59. The molecule has 0 radical (unpaired) electrons. The number of carbonyl (C=O) groups is 1. The van der Waals surface area contributed by atoms with E-state index in [1.54, 1.807) is 23.9 Å². The first kappa shape index (κ1) is 10.9. The van der Waals surface area contributed by atoms with Crippen molar-refractivity contribution in [3.63, 3.8) is 0 Å². The molecule has 0 fully saturated rings. The van der Waals surface area contributed by atoms with Gasteiger partial charge in [-0.2, -0.15) is 0 Å². The molecule has 0 aliphatic carbocycles. The Morgan fingerprint density at radius 1 is 1.57 bits per heavy atom. The zero-order chi connectivity index (χ0) is 10.4. The van der Waals surface area contributed by atoms with Gasteiger partial charge in [0.2, 0.25) is 0 Å². The van der Waals surface area contributed by atoms with Gasteiger partial charge in [0, 0.05) is 10.6 Å². The summed E-state index contributed by atoms with van der Waals surface area (Å²) >= 11 is 1.57. The van der Waals surface area contributed by atoms with Gasteiger partial charge in [-0.15, -0.1) is 18.3 Å². The van der Waals surface area contributed by atoms with Crippen LogP contribution in [0.4, 0.5) is 0 Å². The first-order valence-electron chi connectivity index (χ1n) is 4.20. The maximum absolute atomic E-state index is 11.3. The number of esters is 1. The molecule has 0 aliphatic heterocycles. The third-order valence-electron chi connectivity index (χ3n) is 1.65. The SMILES string of the molecule is C=CCSc1ccccc1C(=O)OC. The number of benzene rings is 1. The van der Waals surface area contributed by atoms with Crippen molar-refractivity contribution >= 4 is 17.7 Å². The molecular weight excluding hydrogens is 196 g/mol. The topological polar surface area (TPSA) is 26.3 Å². The van der Waals surface area contributed by atoms with Crippen LogP contribution in [0.5, 0.6) is 0 Å². The molecule has 2 nitrogen and oxygen atoms in total. The van der Waals surface area contributed by atoms with Crippen LogP contribution in [0.25, 0.3) is 0 Å². The third kappa shape index (κ3) is 2.64. The van der Waals surface area contributed by atoms with E-state index >= 15 is 0 Å². The lowest BCUT2D eigenvalue weighted by molar-refractivity contribution is 0.0597. The molecule has 0 heterocycles. The van der Waals surface area contributed by atoms with Gasteiger partial charge in [0.25, 0.3) is 0 Å². The van der Waals surface area contributed by atoms with Crippen LogP contribution in [0, 0.1) is 0 Å². The van der Waals surface area contributed by atoms with Gasteiger partial charge >= 0.3 is 5.97 Å². The molecule has 0 aliphatic rings. The van der Waals surface area contributed by atoms with Crippen LogP contribution in [0.1, 0.15) is 10.4 Å². The minimum Gasteiger partial charge on any atom is -0.465 e. The molecule has 3 heteroatoms. The molecule has 1 aromatic carbocycles. The first-order chi connectivity index (χ1) is 6.79. The summed E-state index contributed by atoms with van der Waals surface area (Å²) in [5.74, 6) is 0.491. The second kappa shape index (κ2) is 5.50. The molecule has 74 valence electrons. The van der Waals surface area contributed by atoms with Gasteiger partial charge in [0.15, 0.2) is 0 Å². The van der Waals surface area contributed by atoms with E-state index in [0.717, 1.165) is 10.6 Å². The van der Waals surface area contributed by atoms with E-state index < -0.39 is 0 Å². The Morgan fingerprint density at radius 3 is 2.93 bits per heavy atom. The van der Waals surface area contributed by atoms with Gasteiger partial charge in [-0.3, -0.25) is 0 Å². The van der Waals surface area contributed by atoms with Gasteiger partial charge in [-0.05, 0) is 12.1 Å². The highest BCUT2D eigenvalue weighted by Crippen LogP contribution is 2.22. The number of ether oxygens (including phenoxy) is 1. The zero-order valence-corrected chi connectivity index (χ0v) is 8.84. The predicted octanol–water partition coefficient (Wildman–Crippen LogP) is 2.75. The summed E-state index contributed by atoms with van der Waals surface area (Å²) in [6, 6.07) is 7.39. The Kier molecular flexibility index (Phi) is 4.26. The Labute approximate surface area is 88.0 Å². The van der Waals surface area contributed by atoms with Gasteiger partial charge in [0.1, 0.15) is 0 Å². The smallest absolute Gasteiger partial charge is 0.338 e. The lowest BCUT2D eigenvalue weighted by Gasteiger charge is -2.05. The molecule has 0 aromatic heterocycles. The van der Waals surface area contributed by atoms with Crippen LogP contribution in [-0.2, 0) is 4.74 Å². The maximum Gasteiger partial charge on any atom is 0.338 e. The molecule has 0 atom stereocenters. The van der Waals surface area contributed by atoms with E-state index in [1.807, 2.05) is 18.2 Å². The quantitative estimate of drug-likeness (QED) is 0.432. The predicted molar refractivity (Wildman–Crippen MR) is 58.7 cm³/mol. The van der Waals surface area contributed by atoms with E-state index in [2.05, 4.69) is 11.3 Å². The fraction of sp³-hybridized carbons (Fsp3) is 0.182. The van der Waals surface area contributed by atoms with Crippen LogP contribution < -0.4 is 0 Å². The molecule has 0 saturated heterocycles. The monoisotopic (exact) mass is 208 g/mol. The lowest BCUT2D eigenvalue weighted by Crippen LogP contribution is -2.02. The van der Waals surface area contributed by atoms with Crippen LogP contribution in [-0.4, -0.2) is 18.8 Å². The van der Waals surface area contributed by atoms with Crippen molar-refractivity contribution in [1.82, 2.24) is 0 Å². The van der Waals surface area contributed by atoms with Crippen molar-refractivity contribution in [1.29, 1.82) is 0 Å². The summed E-state index contributed by atoms with van der Waals surface area (Å²) in [6.45, 7) is 3.63. The molecule has 1 aromatic rings. The summed E-state index contributed by atoms with van der Waals surface area (Å²) in [6.07, 6.45) is 1.80. The highest BCUT2D eigenvalue weighted by Gasteiger charge is 2.09. The molecule has 0 N–H and O–H groups in total. The standard InChI is InChI=1S/C11H12O2S/c1-3-8-14-10-7-5-4-6-9(10)11(12)13-2/h3-7H,1,8H2,2H3. The van der Waals surface area contributed by atoms with E-state index in [-0.39, 0.29) is 5.97 Å².